The van der Waals surface area contributed by atoms with Gasteiger partial charge in [0.05, 0.1) is 0 Å². The number of nitrogens with zero attached hydrogens (tertiary/aromatic N) is 1. The van der Waals surface area contributed by atoms with Crippen molar-refractivity contribution in [3.8, 4) is 0 Å². The van der Waals surface area contributed by atoms with E-state index in [1.165, 1.54) is 29.8 Å². The molecule has 1 aromatic carbocycles. The Kier molecular flexibility index (Phi) is 7.25. The summed E-state index contributed by atoms with van der Waals surface area (Å²) < 4.78 is 12.5. The molecule has 1 aliphatic heterocycles. The number of halogens is 1. The third kappa shape index (κ3) is 5.59. The minimum Gasteiger partial charge on any atom is -0.459 e. The number of aromatic nitrogens is 2. The SMILES string of the molecule is CCc1cn([C@@H]2CC(OC(C)=O)[C@H](/C=C/C(=O)Cc3ccccc3Cl)O2)c(=O)[nH]c1=O. The van der Waals surface area contributed by atoms with Gasteiger partial charge in [-0.3, -0.25) is 23.9 Å². The molecule has 164 valence electrons. The van der Waals surface area contributed by atoms with Crippen molar-refractivity contribution in [1.29, 1.82) is 0 Å². The molecule has 0 amide bonds. The second-order valence-corrected chi connectivity index (χ2v) is 7.61. The molecule has 0 radical (unpaired) electrons. The molecule has 0 saturated carbocycles. The van der Waals surface area contributed by atoms with Gasteiger partial charge >= 0.3 is 11.7 Å². The van der Waals surface area contributed by atoms with Crippen molar-refractivity contribution in [2.45, 2.75) is 51.5 Å². The normalized spacial score (nSPS) is 20.8. The van der Waals surface area contributed by atoms with Crippen molar-refractivity contribution in [1.82, 2.24) is 9.55 Å². The number of esters is 1. The van der Waals surface area contributed by atoms with Gasteiger partial charge in [0.2, 0.25) is 0 Å². The van der Waals surface area contributed by atoms with Crippen LogP contribution in [0.3, 0.4) is 0 Å². The maximum absolute atomic E-state index is 12.4. The summed E-state index contributed by atoms with van der Waals surface area (Å²) in [5, 5.41) is 0.503. The lowest BCUT2D eigenvalue weighted by atomic mass is 10.1. The Balaban J connectivity index is 1.79. The van der Waals surface area contributed by atoms with Crippen molar-refractivity contribution in [2.75, 3.05) is 0 Å². The summed E-state index contributed by atoms with van der Waals surface area (Å²) in [4.78, 5) is 50.3. The number of carbonyl (C=O) groups is 2. The van der Waals surface area contributed by atoms with Crippen LogP contribution in [0.2, 0.25) is 5.02 Å². The maximum Gasteiger partial charge on any atom is 0.330 e. The summed E-state index contributed by atoms with van der Waals surface area (Å²) >= 11 is 6.10. The Morgan fingerprint density at radius 1 is 1.29 bits per heavy atom. The molecule has 1 unspecified atom stereocenters. The first-order chi connectivity index (χ1) is 14.8. The van der Waals surface area contributed by atoms with Crippen molar-refractivity contribution >= 4 is 23.4 Å². The summed E-state index contributed by atoms with van der Waals surface area (Å²) in [6.45, 7) is 3.07. The molecule has 0 bridgehead atoms. The van der Waals surface area contributed by atoms with Crippen molar-refractivity contribution in [3.05, 3.63) is 79.6 Å². The van der Waals surface area contributed by atoms with E-state index < -0.39 is 35.7 Å². The summed E-state index contributed by atoms with van der Waals surface area (Å²) in [6.07, 6.45) is 2.91. The van der Waals surface area contributed by atoms with Gasteiger partial charge in [-0.1, -0.05) is 36.7 Å². The number of ether oxygens (including phenoxy) is 2. The van der Waals surface area contributed by atoms with Crippen LogP contribution in [-0.4, -0.2) is 33.5 Å². The quantitative estimate of drug-likeness (QED) is 0.516. The van der Waals surface area contributed by atoms with Gasteiger partial charge < -0.3 is 9.47 Å². The number of benzene rings is 1. The fourth-order valence-electron chi connectivity index (χ4n) is 3.42. The lowest BCUT2D eigenvalue weighted by Crippen LogP contribution is -2.34. The molecule has 31 heavy (non-hydrogen) atoms. The van der Waals surface area contributed by atoms with Crippen LogP contribution >= 0.6 is 11.6 Å². The number of hydrogen-bond donors (Lipinski definition) is 1. The third-order valence-corrected chi connectivity index (χ3v) is 5.33. The first-order valence-electron chi connectivity index (χ1n) is 9.90. The number of hydrogen-bond acceptors (Lipinski definition) is 6. The van der Waals surface area contributed by atoms with Crippen molar-refractivity contribution in [3.63, 3.8) is 0 Å². The van der Waals surface area contributed by atoms with Crippen molar-refractivity contribution in [2.24, 2.45) is 0 Å². The highest BCUT2D eigenvalue weighted by atomic mass is 35.5. The number of allylic oxidation sites excluding steroid dienone is 1. The highest BCUT2D eigenvalue weighted by Crippen LogP contribution is 2.31. The number of ketones is 1. The predicted octanol–water partition coefficient (Wildman–Crippen LogP) is 2.34. The number of aryl methyl sites for hydroxylation is 1. The summed E-state index contributed by atoms with van der Waals surface area (Å²) in [5.74, 6) is -0.700. The molecule has 3 rings (SSSR count). The molecule has 8 nitrogen and oxygen atoms in total. The Morgan fingerprint density at radius 3 is 2.71 bits per heavy atom. The molecule has 1 aliphatic rings. The second kappa shape index (κ2) is 9.89. The topological polar surface area (TPSA) is 107 Å². The molecule has 2 heterocycles. The maximum atomic E-state index is 12.4. The molecular weight excluding hydrogens is 424 g/mol. The Bertz CT molecular complexity index is 1120. The minimum atomic E-state index is -0.757. The van der Waals surface area contributed by atoms with E-state index in [0.29, 0.717) is 22.6 Å². The lowest BCUT2D eigenvalue weighted by molar-refractivity contribution is -0.147. The number of rotatable bonds is 7. The molecule has 1 saturated heterocycles. The van der Waals surface area contributed by atoms with E-state index >= 15 is 0 Å². The monoisotopic (exact) mass is 446 g/mol. The number of H-pyrrole nitrogens is 1. The van der Waals surface area contributed by atoms with Gasteiger partial charge in [0.25, 0.3) is 5.56 Å². The largest absolute Gasteiger partial charge is 0.459 e. The summed E-state index contributed by atoms with van der Waals surface area (Å²) in [7, 11) is 0. The van der Waals surface area contributed by atoms with Crippen LogP contribution in [-0.2, 0) is 31.9 Å². The molecule has 1 N–H and O–H groups in total. The molecule has 0 aliphatic carbocycles. The van der Waals surface area contributed by atoms with E-state index in [-0.39, 0.29) is 18.6 Å². The van der Waals surface area contributed by atoms with E-state index in [9.17, 15) is 19.2 Å². The molecule has 3 atom stereocenters. The van der Waals surface area contributed by atoms with Crippen LogP contribution in [0.15, 0.2) is 52.2 Å². The number of nitrogens with one attached hydrogen (secondary N) is 1. The van der Waals surface area contributed by atoms with Crippen LogP contribution in [0.5, 0.6) is 0 Å². The van der Waals surface area contributed by atoms with Gasteiger partial charge in [0.15, 0.2) is 5.78 Å². The third-order valence-electron chi connectivity index (χ3n) is 4.96. The van der Waals surface area contributed by atoms with Gasteiger partial charge in [-0.2, -0.15) is 0 Å². The van der Waals surface area contributed by atoms with Crippen LogP contribution in [0.1, 0.15) is 37.6 Å². The first-order valence-corrected chi connectivity index (χ1v) is 10.3. The smallest absolute Gasteiger partial charge is 0.330 e. The fourth-order valence-corrected chi connectivity index (χ4v) is 3.62. The predicted molar refractivity (Wildman–Crippen MR) is 114 cm³/mol. The van der Waals surface area contributed by atoms with Crippen LogP contribution < -0.4 is 11.2 Å². The number of carbonyl (C=O) groups excluding carboxylic acids is 2. The van der Waals surface area contributed by atoms with Gasteiger partial charge in [0.1, 0.15) is 18.4 Å². The van der Waals surface area contributed by atoms with E-state index in [1.807, 2.05) is 0 Å². The zero-order valence-electron chi connectivity index (χ0n) is 17.2. The van der Waals surface area contributed by atoms with E-state index in [4.69, 9.17) is 21.1 Å². The molecule has 1 fully saturated rings. The van der Waals surface area contributed by atoms with E-state index in [0.717, 1.165) is 0 Å². The Morgan fingerprint density at radius 2 is 2.03 bits per heavy atom. The molecular formula is C22H23ClN2O6. The van der Waals surface area contributed by atoms with Gasteiger partial charge in [-0.25, -0.2) is 4.79 Å². The molecule has 1 aromatic heterocycles. The fraction of sp³-hybridized carbons (Fsp3) is 0.364. The van der Waals surface area contributed by atoms with Gasteiger partial charge in [0, 0.05) is 36.5 Å². The van der Waals surface area contributed by atoms with E-state index in [1.54, 1.807) is 31.2 Å². The van der Waals surface area contributed by atoms with Gasteiger partial charge in [-0.15, -0.1) is 0 Å². The zero-order chi connectivity index (χ0) is 22.5. The standard InChI is InChI=1S/C22H23ClN2O6/c1-3-14-12-25(22(29)24-21(14)28)20-11-19(30-13(2)26)18(31-20)9-8-16(27)10-15-6-4-5-7-17(15)23/h4-9,12,18-20H,3,10-11H2,1-2H3,(H,24,28,29)/b9-8+/t18-,19?,20-/m0/s1. The second-order valence-electron chi connectivity index (χ2n) is 7.21. The molecule has 9 heteroatoms. The average Bonchev–Trinajstić information content (AvgIpc) is 3.10. The van der Waals surface area contributed by atoms with Crippen LogP contribution in [0, 0.1) is 0 Å². The Labute approximate surface area is 183 Å². The van der Waals surface area contributed by atoms with Crippen LogP contribution in [0.4, 0.5) is 0 Å². The van der Waals surface area contributed by atoms with Crippen LogP contribution in [0.25, 0.3) is 0 Å². The first kappa shape index (κ1) is 22.7. The summed E-state index contributed by atoms with van der Waals surface area (Å²) in [6, 6.07) is 7.06. The average molecular weight is 447 g/mol. The minimum absolute atomic E-state index is 0.115. The number of aromatic amines is 1. The zero-order valence-corrected chi connectivity index (χ0v) is 17.9. The molecule has 0 spiro atoms. The Hall–Kier alpha value is -2.97. The van der Waals surface area contributed by atoms with E-state index in [2.05, 4.69) is 4.98 Å². The lowest BCUT2D eigenvalue weighted by Gasteiger charge is -2.15. The molecule has 2 aromatic rings. The highest BCUT2D eigenvalue weighted by molar-refractivity contribution is 6.31. The highest BCUT2D eigenvalue weighted by Gasteiger charge is 2.37. The van der Waals surface area contributed by atoms with Crippen molar-refractivity contribution < 1.29 is 19.1 Å². The summed E-state index contributed by atoms with van der Waals surface area (Å²) in [5.41, 5.74) is 0.0710. The van der Waals surface area contributed by atoms with Gasteiger partial charge in [-0.05, 0) is 30.2 Å².